The van der Waals surface area contributed by atoms with Gasteiger partial charge in [-0.05, 0) is 18.2 Å². The molecule has 0 atom stereocenters. The van der Waals surface area contributed by atoms with E-state index in [1.165, 1.54) is 6.34 Å². The molecule has 6 heteroatoms. The van der Waals surface area contributed by atoms with E-state index in [1.54, 1.807) is 0 Å². The SMILES string of the molecule is CNc1ccc(NCCC(N)=O)c(N=CN)c1. The number of primary amides is 1. The Balaban J connectivity index is 2.79. The predicted molar refractivity (Wildman–Crippen MR) is 70.6 cm³/mol. The van der Waals surface area contributed by atoms with Crippen molar-refractivity contribution in [3.8, 4) is 0 Å². The molecule has 1 amide bonds. The zero-order chi connectivity index (χ0) is 12.7. The fourth-order valence-electron chi connectivity index (χ4n) is 1.34. The van der Waals surface area contributed by atoms with Crippen LogP contribution in [0, 0.1) is 0 Å². The minimum Gasteiger partial charge on any atom is -0.390 e. The lowest BCUT2D eigenvalue weighted by Gasteiger charge is -2.10. The van der Waals surface area contributed by atoms with E-state index in [4.69, 9.17) is 11.5 Å². The van der Waals surface area contributed by atoms with Gasteiger partial charge in [-0.2, -0.15) is 0 Å². The number of aliphatic imine (C=N–C) groups is 1. The van der Waals surface area contributed by atoms with Crippen molar-refractivity contribution in [2.45, 2.75) is 6.42 Å². The smallest absolute Gasteiger partial charge is 0.219 e. The number of carbonyl (C=O) groups excluding carboxylic acids is 1. The normalized spacial score (nSPS) is 10.4. The monoisotopic (exact) mass is 235 g/mol. The number of rotatable bonds is 6. The number of amides is 1. The van der Waals surface area contributed by atoms with Gasteiger partial charge in [0.25, 0.3) is 0 Å². The van der Waals surface area contributed by atoms with E-state index in [0.29, 0.717) is 12.2 Å². The van der Waals surface area contributed by atoms with Gasteiger partial charge in [0, 0.05) is 25.7 Å². The van der Waals surface area contributed by atoms with Crippen molar-refractivity contribution < 1.29 is 4.79 Å². The average Bonchev–Trinajstić information content (AvgIpc) is 2.31. The Morgan fingerprint density at radius 1 is 1.53 bits per heavy atom. The first-order chi connectivity index (χ1) is 8.17. The van der Waals surface area contributed by atoms with Gasteiger partial charge in [-0.3, -0.25) is 4.79 Å². The molecule has 0 radical (unpaired) electrons. The van der Waals surface area contributed by atoms with Crippen LogP contribution in [0.2, 0.25) is 0 Å². The van der Waals surface area contributed by atoms with E-state index in [0.717, 1.165) is 11.4 Å². The Labute approximate surface area is 100 Å². The van der Waals surface area contributed by atoms with E-state index in [2.05, 4.69) is 15.6 Å². The minimum atomic E-state index is -0.340. The maximum atomic E-state index is 10.6. The van der Waals surface area contributed by atoms with E-state index >= 15 is 0 Å². The third-order valence-electron chi connectivity index (χ3n) is 2.19. The summed E-state index contributed by atoms with van der Waals surface area (Å²) in [6, 6.07) is 5.63. The molecule has 1 aromatic carbocycles. The van der Waals surface area contributed by atoms with Crippen molar-refractivity contribution in [1.29, 1.82) is 0 Å². The Bertz CT molecular complexity index is 416. The van der Waals surface area contributed by atoms with Gasteiger partial charge < -0.3 is 22.1 Å². The van der Waals surface area contributed by atoms with Crippen LogP contribution in [0.4, 0.5) is 17.1 Å². The number of nitrogens with two attached hydrogens (primary N) is 2. The van der Waals surface area contributed by atoms with Crippen molar-refractivity contribution in [3.05, 3.63) is 18.2 Å². The first kappa shape index (κ1) is 12.8. The molecule has 0 aliphatic rings. The van der Waals surface area contributed by atoms with Crippen molar-refractivity contribution in [2.75, 3.05) is 24.2 Å². The molecule has 1 aromatic rings. The number of nitrogens with zero attached hydrogens (tertiary/aromatic N) is 1. The Hall–Kier alpha value is -2.24. The molecule has 17 heavy (non-hydrogen) atoms. The molecule has 0 fully saturated rings. The molecule has 1 rings (SSSR count). The predicted octanol–water partition coefficient (Wildman–Crippen LogP) is 0.634. The highest BCUT2D eigenvalue weighted by molar-refractivity contribution is 5.77. The van der Waals surface area contributed by atoms with Crippen LogP contribution in [0.1, 0.15) is 6.42 Å². The zero-order valence-corrected chi connectivity index (χ0v) is 9.73. The largest absolute Gasteiger partial charge is 0.390 e. The summed E-state index contributed by atoms with van der Waals surface area (Å²) in [5.74, 6) is -0.340. The van der Waals surface area contributed by atoms with E-state index in [9.17, 15) is 4.79 Å². The van der Waals surface area contributed by atoms with Gasteiger partial charge in [0.15, 0.2) is 0 Å². The number of hydrogen-bond acceptors (Lipinski definition) is 4. The second kappa shape index (κ2) is 6.37. The van der Waals surface area contributed by atoms with Crippen LogP contribution >= 0.6 is 0 Å². The van der Waals surface area contributed by atoms with Gasteiger partial charge in [0.1, 0.15) is 0 Å². The van der Waals surface area contributed by atoms with E-state index < -0.39 is 0 Å². The fourth-order valence-corrected chi connectivity index (χ4v) is 1.34. The highest BCUT2D eigenvalue weighted by Crippen LogP contribution is 2.27. The van der Waals surface area contributed by atoms with Crippen LogP contribution < -0.4 is 22.1 Å². The third-order valence-corrected chi connectivity index (χ3v) is 2.19. The number of hydrogen-bond donors (Lipinski definition) is 4. The van der Waals surface area contributed by atoms with Crippen LogP contribution in [0.15, 0.2) is 23.2 Å². The van der Waals surface area contributed by atoms with Gasteiger partial charge in [-0.15, -0.1) is 0 Å². The molecule has 0 aromatic heterocycles. The van der Waals surface area contributed by atoms with Gasteiger partial charge in [0.2, 0.25) is 5.91 Å². The zero-order valence-electron chi connectivity index (χ0n) is 9.73. The molecule has 0 bridgehead atoms. The molecule has 92 valence electrons. The summed E-state index contributed by atoms with van der Waals surface area (Å²) in [6.45, 7) is 0.474. The van der Waals surface area contributed by atoms with Gasteiger partial charge in [0.05, 0.1) is 17.7 Å². The van der Waals surface area contributed by atoms with E-state index in [-0.39, 0.29) is 12.3 Å². The molecule has 0 aliphatic carbocycles. The standard InChI is InChI=1S/C11H17N5O/c1-14-8-2-3-9(10(6-8)16-7-12)15-5-4-11(13)17/h2-3,6-7,14-15H,4-5H2,1H3,(H2,12,16)(H2,13,17). The summed E-state index contributed by atoms with van der Waals surface area (Å²) in [7, 11) is 1.82. The highest BCUT2D eigenvalue weighted by atomic mass is 16.1. The summed E-state index contributed by atoms with van der Waals surface area (Å²) in [6.07, 6.45) is 1.51. The second-order valence-corrected chi connectivity index (χ2v) is 3.40. The lowest BCUT2D eigenvalue weighted by molar-refractivity contribution is -0.117. The molecule has 0 aliphatic heterocycles. The van der Waals surface area contributed by atoms with Crippen LogP contribution in [-0.2, 0) is 4.79 Å². The van der Waals surface area contributed by atoms with Crippen molar-refractivity contribution in [3.63, 3.8) is 0 Å². The summed E-state index contributed by atoms with van der Waals surface area (Å²) in [4.78, 5) is 14.7. The maximum absolute atomic E-state index is 10.6. The number of anilines is 2. The molecule has 6 N–H and O–H groups in total. The van der Waals surface area contributed by atoms with Gasteiger partial charge >= 0.3 is 0 Å². The van der Waals surface area contributed by atoms with Crippen LogP contribution in [0.5, 0.6) is 0 Å². The maximum Gasteiger partial charge on any atom is 0.219 e. The third kappa shape index (κ3) is 4.02. The molecule has 0 saturated carbocycles. The minimum absolute atomic E-state index is 0.277. The van der Waals surface area contributed by atoms with Crippen LogP contribution in [0.25, 0.3) is 0 Å². The fraction of sp³-hybridized carbons (Fsp3) is 0.273. The quantitative estimate of drug-likeness (QED) is 0.428. The summed E-state index contributed by atoms with van der Waals surface area (Å²) >= 11 is 0. The molecular formula is C11H17N5O. The molecule has 0 spiro atoms. The van der Waals surface area contributed by atoms with Gasteiger partial charge in [-0.25, -0.2) is 4.99 Å². The Kier molecular flexibility index (Phi) is 4.80. The molecule has 0 unspecified atom stereocenters. The summed E-state index contributed by atoms with van der Waals surface area (Å²) in [5, 5.41) is 6.09. The van der Waals surface area contributed by atoms with Crippen LogP contribution in [-0.4, -0.2) is 25.8 Å². The van der Waals surface area contributed by atoms with E-state index in [1.807, 2.05) is 25.2 Å². The van der Waals surface area contributed by atoms with Gasteiger partial charge in [-0.1, -0.05) is 0 Å². The first-order valence-corrected chi connectivity index (χ1v) is 5.25. The van der Waals surface area contributed by atoms with Crippen molar-refractivity contribution in [1.82, 2.24) is 0 Å². The topological polar surface area (TPSA) is 106 Å². The lowest BCUT2D eigenvalue weighted by Crippen LogP contribution is -2.15. The van der Waals surface area contributed by atoms with Crippen molar-refractivity contribution >= 4 is 29.3 Å². The molecular weight excluding hydrogens is 218 g/mol. The Morgan fingerprint density at radius 3 is 2.88 bits per heavy atom. The average molecular weight is 235 g/mol. The number of benzene rings is 1. The van der Waals surface area contributed by atoms with Crippen molar-refractivity contribution in [2.24, 2.45) is 16.5 Å². The molecule has 6 nitrogen and oxygen atoms in total. The summed E-state index contributed by atoms with van der Waals surface area (Å²) in [5.41, 5.74) is 12.8. The first-order valence-electron chi connectivity index (χ1n) is 5.25. The molecule has 0 heterocycles. The molecule has 0 saturated heterocycles. The summed E-state index contributed by atoms with van der Waals surface area (Å²) < 4.78 is 0. The lowest BCUT2D eigenvalue weighted by atomic mass is 10.2. The highest BCUT2D eigenvalue weighted by Gasteiger charge is 2.02. The van der Waals surface area contributed by atoms with Crippen LogP contribution in [0.3, 0.4) is 0 Å². The number of nitrogens with one attached hydrogen (secondary N) is 2. The number of carbonyl (C=O) groups is 1. The Morgan fingerprint density at radius 2 is 2.29 bits per heavy atom. The second-order valence-electron chi connectivity index (χ2n) is 3.40.